The number of alkyl halides is 1. The van der Waals surface area contributed by atoms with Crippen molar-refractivity contribution < 1.29 is 9.90 Å². The van der Waals surface area contributed by atoms with Gasteiger partial charge < -0.3 is 10.4 Å². The van der Waals surface area contributed by atoms with Gasteiger partial charge in [-0.25, -0.2) is 4.79 Å². The molecule has 0 spiro atoms. The Morgan fingerprint density at radius 2 is 2.43 bits per heavy atom. The first-order chi connectivity index (χ1) is 6.67. The monoisotopic (exact) mass is 259 g/mol. The predicted octanol–water partition coefficient (Wildman–Crippen LogP) is 2.05. The number of rotatable bonds is 4. The topological polar surface area (TPSA) is 49.3 Å². The lowest BCUT2D eigenvalue weighted by molar-refractivity contribution is -0.143. The fraction of sp³-hybridized carbons (Fsp3) is 0.500. The van der Waals surface area contributed by atoms with Crippen LogP contribution in [0, 0.1) is 0 Å². The first kappa shape index (κ1) is 11.3. The van der Waals surface area contributed by atoms with Crippen LogP contribution in [0.3, 0.4) is 0 Å². The molecule has 2 N–H and O–H groups in total. The van der Waals surface area contributed by atoms with Crippen LogP contribution >= 0.6 is 15.9 Å². The summed E-state index contributed by atoms with van der Waals surface area (Å²) in [4.78, 5) is 11.3. The summed E-state index contributed by atoms with van der Waals surface area (Å²) in [6, 6.07) is 0. The molecule has 0 fully saturated rings. The molecule has 1 aliphatic heterocycles. The molecule has 0 aromatic carbocycles. The number of carboxylic acid groups (broad SMARTS) is 1. The molecule has 3 nitrogen and oxygen atoms in total. The molecule has 0 radical (unpaired) electrons. The van der Waals surface area contributed by atoms with E-state index in [2.05, 4.69) is 21.2 Å². The molecule has 1 heterocycles. The maximum Gasteiger partial charge on any atom is 0.333 e. The fourth-order valence-electron chi connectivity index (χ4n) is 1.66. The van der Waals surface area contributed by atoms with Crippen LogP contribution < -0.4 is 5.32 Å². The van der Waals surface area contributed by atoms with Gasteiger partial charge in [-0.05, 0) is 24.3 Å². The maximum absolute atomic E-state index is 11.3. The summed E-state index contributed by atoms with van der Waals surface area (Å²) >= 11 is 3.32. The molecule has 1 rings (SSSR count). The van der Waals surface area contributed by atoms with E-state index in [1.165, 1.54) is 0 Å². The largest absolute Gasteiger partial charge is 0.479 e. The lowest BCUT2D eigenvalue weighted by atomic mass is 9.84. The molecule has 1 aliphatic rings. The molecule has 1 atom stereocenters. The highest BCUT2D eigenvalue weighted by Crippen LogP contribution is 2.27. The Hall–Kier alpha value is -0.770. The van der Waals surface area contributed by atoms with Crippen molar-refractivity contribution in [2.24, 2.45) is 0 Å². The molecule has 4 heteroatoms. The van der Waals surface area contributed by atoms with Crippen molar-refractivity contribution in [1.82, 2.24) is 5.32 Å². The third kappa shape index (κ3) is 1.85. The van der Waals surface area contributed by atoms with Gasteiger partial charge in [0.05, 0.1) is 0 Å². The van der Waals surface area contributed by atoms with E-state index in [0.717, 1.165) is 12.0 Å². The summed E-state index contributed by atoms with van der Waals surface area (Å²) in [5, 5.41) is 12.8. The minimum Gasteiger partial charge on any atom is -0.479 e. The van der Waals surface area contributed by atoms with Gasteiger partial charge >= 0.3 is 5.97 Å². The van der Waals surface area contributed by atoms with Gasteiger partial charge in [-0.3, -0.25) is 0 Å². The van der Waals surface area contributed by atoms with E-state index in [9.17, 15) is 9.90 Å². The summed E-state index contributed by atoms with van der Waals surface area (Å²) in [5.74, 6) is -0.811. The van der Waals surface area contributed by atoms with Crippen LogP contribution in [-0.2, 0) is 4.79 Å². The minimum absolute atomic E-state index is 0.580. The molecule has 0 aliphatic carbocycles. The first-order valence-corrected chi connectivity index (χ1v) is 5.72. The number of carboxylic acids is 1. The van der Waals surface area contributed by atoms with Crippen LogP contribution in [0.2, 0.25) is 0 Å². The molecular weight excluding hydrogens is 246 g/mol. The second kappa shape index (κ2) is 4.64. The summed E-state index contributed by atoms with van der Waals surface area (Å²) < 4.78 is 0. The maximum atomic E-state index is 11.3. The molecule has 78 valence electrons. The molecule has 14 heavy (non-hydrogen) atoms. The second-order valence-electron chi connectivity index (χ2n) is 3.29. The molecule has 0 bridgehead atoms. The number of carbonyl (C=O) groups is 1. The summed E-state index contributed by atoms with van der Waals surface area (Å²) in [6.45, 7) is 1.98. The van der Waals surface area contributed by atoms with Crippen LogP contribution in [0.5, 0.6) is 0 Å². The smallest absolute Gasteiger partial charge is 0.333 e. The lowest BCUT2D eigenvalue weighted by Crippen LogP contribution is -2.52. The summed E-state index contributed by atoms with van der Waals surface area (Å²) in [6.07, 6.45) is 6.81. The first-order valence-electron chi connectivity index (χ1n) is 4.60. The van der Waals surface area contributed by atoms with Gasteiger partial charge in [-0.2, -0.15) is 0 Å². The number of dihydropyridines is 1. The normalized spacial score (nSPS) is 25.4. The average molecular weight is 260 g/mol. The Morgan fingerprint density at radius 3 is 2.93 bits per heavy atom. The van der Waals surface area contributed by atoms with Gasteiger partial charge in [-0.1, -0.05) is 35.4 Å². The van der Waals surface area contributed by atoms with E-state index in [1.807, 2.05) is 19.1 Å². The minimum atomic E-state index is -0.910. The Bertz CT molecular complexity index is 286. The molecule has 0 aromatic heterocycles. The third-order valence-electron chi connectivity index (χ3n) is 2.41. The van der Waals surface area contributed by atoms with Crippen molar-refractivity contribution >= 4 is 21.9 Å². The number of hydrogen-bond donors (Lipinski definition) is 2. The quantitative estimate of drug-likeness (QED) is 0.760. The Kier molecular flexibility index (Phi) is 3.75. The van der Waals surface area contributed by atoms with Crippen molar-refractivity contribution in [2.45, 2.75) is 25.3 Å². The summed E-state index contributed by atoms with van der Waals surface area (Å²) in [5.41, 5.74) is -0.0400. The van der Waals surface area contributed by atoms with Gasteiger partial charge in [0.2, 0.25) is 0 Å². The van der Waals surface area contributed by atoms with Crippen LogP contribution in [-0.4, -0.2) is 21.9 Å². The third-order valence-corrected chi connectivity index (χ3v) is 3.01. The van der Waals surface area contributed by atoms with E-state index in [-0.39, 0.29) is 0 Å². The van der Waals surface area contributed by atoms with Gasteiger partial charge in [0.25, 0.3) is 0 Å². The summed E-state index contributed by atoms with van der Waals surface area (Å²) in [7, 11) is 0. The van der Waals surface area contributed by atoms with Gasteiger partial charge in [0.1, 0.15) is 0 Å². The lowest BCUT2D eigenvalue weighted by Gasteiger charge is -2.33. The standard InChI is InChI=1S/C10H14BrNO2/c1-2-5-10(9(13)14)8(7-11)4-3-6-12-10/h3-4,6,12H,2,5,7H2,1H3,(H,13,14). The fourth-order valence-corrected chi connectivity index (χ4v) is 2.33. The zero-order valence-corrected chi connectivity index (χ0v) is 9.67. The Labute approximate surface area is 92.0 Å². The van der Waals surface area contributed by atoms with Crippen LogP contribution in [0.1, 0.15) is 19.8 Å². The number of nitrogens with one attached hydrogen (secondary N) is 1. The SMILES string of the molecule is CCCC1(C(=O)O)NC=CC=C1CBr. The average Bonchev–Trinajstić information content (AvgIpc) is 2.18. The van der Waals surface area contributed by atoms with Gasteiger partial charge in [-0.15, -0.1) is 0 Å². The van der Waals surface area contributed by atoms with Gasteiger partial charge in [0.15, 0.2) is 5.54 Å². The van der Waals surface area contributed by atoms with Gasteiger partial charge in [0, 0.05) is 5.33 Å². The number of halogens is 1. The van der Waals surface area contributed by atoms with E-state index in [1.54, 1.807) is 6.20 Å². The van der Waals surface area contributed by atoms with Crippen molar-refractivity contribution in [2.75, 3.05) is 5.33 Å². The highest BCUT2D eigenvalue weighted by molar-refractivity contribution is 9.09. The number of hydrogen-bond acceptors (Lipinski definition) is 2. The van der Waals surface area contributed by atoms with E-state index < -0.39 is 11.5 Å². The van der Waals surface area contributed by atoms with Crippen molar-refractivity contribution in [3.63, 3.8) is 0 Å². The molecule has 0 saturated carbocycles. The highest BCUT2D eigenvalue weighted by Gasteiger charge is 2.40. The molecule has 0 saturated heterocycles. The zero-order valence-electron chi connectivity index (χ0n) is 8.09. The van der Waals surface area contributed by atoms with Crippen molar-refractivity contribution in [3.8, 4) is 0 Å². The van der Waals surface area contributed by atoms with E-state index >= 15 is 0 Å². The highest BCUT2D eigenvalue weighted by atomic mass is 79.9. The number of allylic oxidation sites excluding steroid dienone is 2. The Morgan fingerprint density at radius 1 is 1.71 bits per heavy atom. The van der Waals surface area contributed by atoms with E-state index in [0.29, 0.717) is 11.8 Å². The molecular formula is C10H14BrNO2. The van der Waals surface area contributed by atoms with Crippen LogP contribution in [0.15, 0.2) is 23.9 Å². The number of aliphatic carboxylic acids is 1. The Balaban J connectivity index is 3.02. The van der Waals surface area contributed by atoms with Crippen LogP contribution in [0.25, 0.3) is 0 Å². The molecule has 0 amide bonds. The molecule has 0 aromatic rings. The second-order valence-corrected chi connectivity index (χ2v) is 3.85. The van der Waals surface area contributed by atoms with Crippen molar-refractivity contribution in [1.29, 1.82) is 0 Å². The van der Waals surface area contributed by atoms with E-state index in [4.69, 9.17) is 0 Å². The van der Waals surface area contributed by atoms with Crippen molar-refractivity contribution in [3.05, 3.63) is 23.9 Å². The molecule has 1 unspecified atom stereocenters. The van der Waals surface area contributed by atoms with Crippen LogP contribution in [0.4, 0.5) is 0 Å². The zero-order chi connectivity index (χ0) is 10.6. The predicted molar refractivity (Wildman–Crippen MR) is 59.4 cm³/mol.